The molecule has 1 rings (SSSR count). The van der Waals surface area contributed by atoms with Gasteiger partial charge in [0.15, 0.2) is 0 Å². The van der Waals surface area contributed by atoms with Crippen LogP contribution in [0.2, 0.25) is 0 Å². The summed E-state index contributed by atoms with van der Waals surface area (Å²) in [6.45, 7) is 4.18. The number of hydrogen-bond acceptors (Lipinski definition) is 5. The van der Waals surface area contributed by atoms with Crippen LogP contribution >= 0.6 is 0 Å². The van der Waals surface area contributed by atoms with Crippen LogP contribution in [0, 0.1) is 5.41 Å². The largest absolute Gasteiger partial charge is 0.491 e. The summed E-state index contributed by atoms with van der Waals surface area (Å²) in [5.41, 5.74) is 4.35. The van der Waals surface area contributed by atoms with E-state index in [2.05, 4.69) is 4.74 Å². The first-order valence-electron chi connectivity index (χ1n) is 5.34. The monoisotopic (exact) mass is 268 g/mol. The number of rotatable bonds is 3. The summed E-state index contributed by atoms with van der Waals surface area (Å²) < 4.78 is 39.6. The van der Waals surface area contributed by atoms with Gasteiger partial charge in [-0.1, -0.05) is 0 Å². The maximum absolute atomic E-state index is 11.9. The van der Waals surface area contributed by atoms with Crippen molar-refractivity contribution in [2.24, 2.45) is 11.1 Å². The fourth-order valence-electron chi connectivity index (χ4n) is 1.64. The van der Waals surface area contributed by atoms with Crippen molar-refractivity contribution >= 4 is 11.9 Å². The standard InChI is InChI=1S/C10H15F3N2O3/c1-9(2,5-15-3-6(14)4-15)7(16)18-8(17)10(11,12)13/h6H,3-5,14H2,1-2H3. The number of carbonyl (C=O) groups is 2. The van der Waals surface area contributed by atoms with E-state index in [0.717, 1.165) is 0 Å². The Balaban J connectivity index is 2.51. The fourth-order valence-corrected chi connectivity index (χ4v) is 1.64. The van der Waals surface area contributed by atoms with Crippen LogP contribution in [0.1, 0.15) is 13.8 Å². The van der Waals surface area contributed by atoms with Crippen LogP contribution in [0.4, 0.5) is 13.2 Å². The molecule has 0 aromatic carbocycles. The number of nitrogens with zero attached hydrogens (tertiary/aromatic N) is 1. The Morgan fingerprint density at radius 3 is 2.17 bits per heavy atom. The summed E-state index contributed by atoms with van der Waals surface area (Å²) in [5.74, 6) is -3.67. The average Bonchev–Trinajstić information content (AvgIpc) is 2.13. The molecule has 0 aliphatic carbocycles. The van der Waals surface area contributed by atoms with Crippen LogP contribution in [-0.2, 0) is 14.3 Å². The van der Waals surface area contributed by atoms with Crippen molar-refractivity contribution in [1.82, 2.24) is 4.90 Å². The highest BCUT2D eigenvalue weighted by Gasteiger charge is 2.45. The smallest absolute Gasteiger partial charge is 0.386 e. The minimum absolute atomic E-state index is 0.0219. The minimum atomic E-state index is -5.16. The lowest BCUT2D eigenvalue weighted by Gasteiger charge is -2.40. The summed E-state index contributed by atoms with van der Waals surface area (Å²) in [6, 6.07) is 0.0219. The van der Waals surface area contributed by atoms with Crippen LogP contribution in [-0.4, -0.2) is 48.7 Å². The number of alkyl halides is 3. The van der Waals surface area contributed by atoms with Crippen LogP contribution in [0.3, 0.4) is 0 Å². The summed E-state index contributed by atoms with van der Waals surface area (Å²) in [4.78, 5) is 23.8. The summed E-state index contributed by atoms with van der Waals surface area (Å²) in [6.07, 6.45) is -5.16. The molecule has 0 aromatic heterocycles. The van der Waals surface area contributed by atoms with Gasteiger partial charge in [0.05, 0.1) is 5.41 Å². The molecule has 0 unspecified atom stereocenters. The Morgan fingerprint density at radius 1 is 1.28 bits per heavy atom. The predicted octanol–water partition coefficient (Wildman–Crippen LogP) is 0.288. The Morgan fingerprint density at radius 2 is 1.78 bits per heavy atom. The molecule has 0 atom stereocenters. The van der Waals surface area contributed by atoms with Crippen molar-refractivity contribution in [3.63, 3.8) is 0 Å². The Kier molecular flexibility index (Phi) is 4.02. The van der Waals surface area contributed by atoms with E-state index in [1.165, 1.54) is 13.8 Å². The minimum Gasteiger partial charge on any atom is -0.386 e. The van der Waals surface area contributed by atoms with Crippen LogP contribution in [0.15, 0.2) is 0 Å². The lowest BCUT2D eigenvalue weighted by atomic mass is 9.91. The van der Waals surface area contributed by atoms with Crippen LogP contribution < -0.4 is 5.73 Å². The van der Waals surface area contributed by atoms with Gasteiger partial charge in [-0.3, -0.25) is 9.69 Å². The summed E-state index contributed by atoms with van der Waals surface area (Å²) in [5, 5.41) is 0. The quantitative estimate of drug-likeness (QED) is 0.588. The van der Waals surface area contributed by atoms with Crippen molar-refractivity contribution in [2.45, 2.75) is 26.1 Å². The predicted molar refractivity (Wildman–Crippen MR) is 55.4 cm³/mol. The third kappa shape index (κ3) is 3.67. The molecule has 0 bridgehead atoms. The number of carbonyl (C=O) groups excluding carboxylic acids is 2. The molecule has 5 nitrogen and oxygen atoms in total. The van der Waals surface area contributed by atoms with E-state index < -0.39 is 23.5 Å². The summed E-state index contributed by atoms with van der Waals surface area (Å²) >= 11 is 0. The first-order chi connectivity index (χ1) is 8.02. The molecular formula is C10H15F3N2O3. The van der Waals surface area contributed by atoms with E-state index in [1.54, 1.807) is 0 Å². The van der Waals surface area contributed by atoms with E-state index >= 15 is 0 Å². The highest BCUT2D eigenvalue weighted by Crippen LogP contribution is 2.24. The van der Waals surface area contributed by atoms with Gasteiger partial charge in [0.25, 0.3) is 0 Å². The van der Waals surface area contributed by atoms with Crippen molar-refractivity contribution in [2.75, 3.05) is 19.6 Å². The van der Waals surface area contributed by atoms with Crippen molar-refractivity contribution in [3.05, 3.63) is 0 Å². The topological polar surface area (TPSA) is 72.6 Å². The van der Waals surface area contributed by atoms with Gasteiger partial charge in [0, 0.05) is 25.7 Å². The molecule has 2 N–H and O–H groups in total. The number of hydrogen-bond donors (Lipinski definition) is 1. The number of halogens is 3. The van der Waals surface area contributed by atoms with E-state index in [-0.39, 0.29) is 12.6 Å². The third-order valence-electron chi connectivity index (χ3n) is 2.57. The number of esters is 2. The molecular weight excluding hydrogens is 253 g/mol. The lowest BCUT2D eigenvalue weighted by Crippen LogP contribution is -2.58. The number of nitrogens with two attached hydrogens (primary N) is 1. The van der Waals surface area contributed by atoms with E-state index in [0.29, 0.717) is 13.1 Å². The summed E-state index contributed by atoms with van der Waals surface area (Å²) in [7, 11) is 0. The molecule has 1 fully saturated rings. The molecule has 0 spiro atoms. The Bertz CT molecular complexity index is 349. The van der Waals surface area contributed by atoms with E-state index in [4.69, 9.17) is 5.73 Å². The number of ether oxygens (including phenoxy) is 1. The number of likely N-dealkylation sites (tertiary alicyclic amines) is 1. The van der Waals surface area contributed by atoms with Gasteiger partial charge in [-0.05, 0) is 13.8 Å². The fraction of sp³-hybridized carbons (Fsp3) is 0.800. The third-order valence-corrected chi connectivity index (χ3v) is 2.57. The zero-order chi connectivity index (χ0) is 14.1. The molecule has 1 heterocycles. The van der Waals surface area contributed by atoms with Crippen LogP contribution in [0.5, 0.6) is 0 Å². The molecule has 1 saturated heterocycles. The van der Waals surface area contributed by atoms with Gasteiger partial charge in [0.1, 0.15) is 0 Å². The molecule has 18 heavy (non-hydrogen) atoms. The van der Waals surface area contributed by atoms with Crippen LogP contribution in [0.25, 0.3) is 0 Å². The van der Waals surface area contributed by atoms with Gasteiger partial charge in [-0.2, -0.15) is 13.2 Å². The van der Waals surface area contributed by atoms with E-state index in [1.807, 2.05) is 4.90 Å². The highest BCUT2D eigenvalue weighted by molar-refractivity contribution is 5.91. The molecule has 104 valence electrons. The lowest BCUT2D eigenvalue weighted by molar-refractivity contribution is -0.205. The first-order valence-corrected chi connectivity index (χ1v) is 5.34. The Labute approximate surface area is 102 Å². The molecule has 0 amide bonds. The second kappa shape index (κ2) is 4.85. The molecule has 0 radical (unpaired) electrons. The zero-order valence-corrected chi connectivity index (χ0v) is 10.1. The second-order valence-electron chi connectivity index (χ2n) is 5.01. The highest BCUT2D eigenvalue weighted by atomic mass is 19.4. The van der Waals surface area contributed by atoms with Gasteiger partial charge in [0.2, 0.25) is 0 Å². The molecule has 8 heteroatoms. The maximum Gasteiger partial charge on any atom is 0.491 e. The SMILES string of the molecule is CC(C)(CN1CC(N)C1)C(=O)OC(=O)C(F)(F)F. The van der Waals surface area contributed by atoms with E-state index in [9.17, 15) is 22.8 Å². The normalized spacial score (nSPS) is 18.3. The maximum atomic E-state index is 11.9. The van der Waals surface area contributed by atoms with Gasteiger partial charge < -0.3 is 10.5 Å². The Hall–Kier alpha value is -1.15. The molecule has 0 saturated carbocycles. The van der Waals surface area contributed by atoms with Gasteiger partial charge in [-0.25, -0.2) is 4.79 Å². The van der Waals surface area contributed by atoms with Crippen molar-refractivity contribution < 1.29 is 27.5 Å². The van der Waals surface area contributed by atoms with Crippen molar-refractivity contribution in [1.29, 1.82) is 0 Å². The molecule has 1 aliphatic heterocycles. The zero-order valence-electron chi connectivity index (χ0n) is 10.1. The average molecular weight is 268 g/mol. The van der Waals surface area contributed by atoms with Gasteiger partial charge >= 0.3 is 18.1 Å². The molecule has 1 aliphatic rings. The van der Waals surface area contributed by atoms with Gasteiger partial charge in [-0.15, -0.1) is 0 Å². The molecule has 0 aromatic rings. The first kappa shape index (κ1) is 14.9. The second-order valence-corrected chi connectivity index (χ2v) is 5.01. The van der Waals surface area contributed by atoms with Crippen molar-refractivity contribution in [3.8, 4) is 0 Å².